The van der Waals surface area contributed by atoms with E-state index < -0.39 is 0 Å². The first-order valence-corrected chi connectivity index (χ1v) is 6.06. The van der Waals surface area contributed by atoms with Crippen LogP contribution in [0.2, 0.25) is 0 Å². The van der Waals surface area contributed by atoms with Crippen molar-refractivity contribution in [3.63, 3.8) is 0 Å². The van der Waals surface area contributed by atoms with Crippen molar-refractivity contribution in [3.05, 3.63) is 29.8 Å². The molecule has 2 aliphatic rings. The Bertz CT molecular complexity index is 374. The van der Waals surface area contributed by atoms with Gasteiger partial charge in [-0.15, -0.1) is 0 Å². The second-order valence-corrected chi connectivity index (χ2v) is 4.82. The zero-order chi connectivity index (χ0) is 11.0. The number of ether oxygens (including phenoxy) is 1. The molecule has 1 heterocycles. The molecule has 0 aromatic heterocycles. The van der Waals surface area contributed by atoms with E-state index in [1.54, 1.807) is 0 Å². The maximum absolute atomic E-state index is 5.80. The van der Waals surface area contributed by atoms with Gasteiger partial charge in [-0.25, -0.2) is 0 Å². The van der Waals surface area contributed by atoms with Crippen molar-refractivity contribution in [2.75, 3.05) is 6.61 Å². The van der Waals surface area contributed by atoms with Crippen LogP contribution in [0, 0.1) is 0 Å². The average Bonchev–Trinajstić information content (AvgIpc) is 2.27. The van der Waals surface area contributed by atoms with Crippen LogP contribution in [0.25, 0.3) is 0 Å². The van der Waals surface area contributed by atoms with Crippen molar-refractivity contribution in [2.45, 2.75) is 37.4 Å². The van der Waals surface area contributed by atoms with E-state index in [0.717, 1.165) is 31.6 Å². The lowest BCUT2D eigenvalue weighted by molar-refractivity contribution is 0.211. The summed E-state index contributed by atoms with van der Waals surface area (Å²) in [6.45, 7) is 0.813. The smallest absolute Gasteiger partial charge is 0.124 e. The van der Waals surface area contributed by atoms with Gasteiger partial charge in [0.2, 0.25) is 0 Å². The molecular weight excluding hydrogens is 200 g/mol. The summed E-state index contributed by atoms with van der Waals surface area (Å²) in [4.78, 5) is 0. The number of benzene rings is 1. The summed E-state index contributed by atoms with van der Waals surface area (Å²) in [6, 6.07) is 9.77. The molecule has 0 bridgehead atoms. The molecule has 86 valence electrons. The second-order valence-electron chi connectivity index (χ2n) is 4.82. The van der Waals surface area contributed by atoms with E-state index >= 15 is 0 Å². The molecule has 0 spiro atoms. The number of hydrogen-bond acceptors (Lipinski definition) is 3. The molecule has 1 aromatic rings. The zero-order valence-electron chi connectivity index (χ0n) is 9.36. The van der Waals surface area contributed by atoms with Crippen LogP contribution in [0.3, 0.4) is 0 Å². The van der Waals surface area contributed by atoms with Gasteiger partial charge in [0.05, 0.1) is 6.61 Å². The molecule has 0 amide bonds. The minimum absolute atomic E-state index is 0.410. The first-order chi connectivity index (χ1) is 7.83. The Morgan fingerprint density at radius 1 is 1.25 bits per heavy atom. The third-order valence-corrected chi connectivity index (χ3v) is 3.57. The van der Waals surface area contributed by atoms with Crippen molar-refractivity contribution < 1.29 is 4.74 Å². The average molecular weight is 218 g/mol. The van der Waals surface area contributed by atoms with Crippen molar-refractivity contribution in [2.24, 2.45) is 5.73 Å². The Balaban J connectivity index is 1.72. The molecule has 1 saturated carbocycles. The number of nitrogens with two attached hydrogens (primary N) is 1. The maximum atomic E-state index is 5.80. The number of rotatable bonds is 2. The fraction of sp³-hybridized carbons (Fsp3) is 0.538. The van der Waals surface area contributed by atoms with Crippen LogP contribution < -0.4 is 15.8 Å². The highest BCUT2D eigenvalue weighted by Gasteiger charge is 2.30. The van der Waals surface area contributed by atoms with Crippen LogP contribution in [-0.2, 0) is 0 Å². The molecule has 0 radical (unpaired) electrons. The Morgan fingerprint density at radius 3 is 2.88 bits per heavy atom. The van der Waals surface area contributed by atoms with Crippen LogP contribution in [0.1, 0.15) is 30.9 Å². The number of nitrogens with one attached hydrogen (secondary N) is 1. The SMILES string of the molecule is NC1CC(NC2CCOc3ccccc32)C1. The minimum Gasteiger partial charge on any atom is -0.493 e. The van der Waals surface area contributed by atoms with E-state index in [4.69, 9.17) is 10.5 Å². The predicted octanol–water partition coefficient (Wildman–Crippen LogP) is 1.59. The topological polar surface area (TPSA) is 47.3 Å². The lowest BCUT2D eigenvalue weighted by Gasteiger charge is -2.38. The van der Waals surface area contributed by atoms with E-state index in [2.05, 4.69) is 23.5 Å². The van der Waals surface area contributed by atoms with Crippen LogP contribution in [0.5, 0.6) is 5.75 Å². The number of para-hydroxylation sites is 1. The fourth-order valence-corrected chi connectivity index (χ4v) is 2.60. The molecule has 1 fully saturated rings. The van der Waals surface area contributed by atoms with Crippen molar-refractivity contribution in [1.82, 2.24) is 5.32 Å². The summed E-state index contributed by atoms with van der Waals surface area (Å²) >= 11 is 0. The van der Waals surface area contributed by atoms with Gasteiger partial charge in [-0.1, -0.05) is 18.2 Å². The molecule has 3 heteroatoms. The van der Waals surface area contributed by atoms with Crippen LogP contribution >= 0.6 is 0 Å². The molecule has 16 heavy (non-hydrogen) atoms. The first-order valence-electron chi connectivity index (χ1n) is 6.06. The first kappa shape index (κ1) is 10.1. The summed E-state index contributed by atoms with van der Waals surface area (Å²) < 4.78 is 5.64. The van der Waals surface area contributed by atoms with Crippen LogP contribution in [0.15, 0.2) is 24.3 Å². The van der Waals surface area contributed by atoms with Gasteiger partial charge < -0.3 is 15.8 Å². The third-order valence-electron chi connectivity index (χ3n) is 3.57. The number of fused-ring (bicyclic) bond motifs is 1. The molecule has 1 unspecified atom stereocenters. The van der Waals surface area contributed by atoms with Crippen LogP contribution in [-0.4, -0.2) is 18.7 Å². The summed E-state index contributed by atoms with van der Waals surface area (Å²) in [5, 5.41) is 3.68. The molecule has 1 aromatic carbocycles. The Morgan fingerprint density at radius 2 is 2.06 bits per heavy atom. The Labute approximate surface area is 96.0 Å². The third kappa shape index (κ3) is 1.81. The van der Waals surface area contributed by atoms with Gasteiger partial charge in [-0.05, 0) is 18.9 Å². The Kier molecular flexibility index (Phi) is 2.58. The van der Waals surface area contributed by atoms with Gasteiger partial charge in [0.25, 0.3) is 0 Å². The predicted molar refractivity (Wildman–Crippen MR) is 63.4 cm³/mol. The summed E-state index contributed by atoms with van der Waals surface area (Å²) in [5.74, 6) is 1.04. The van der Waals surface area contributed by atoms with E-state index in [1.165, 1.54) is 5.56 Å². The highest BCUT2D eigenvalue weighted by Crippen LogP contribution is 2.33. The highest BCUT2D eigenvalue weighted by molar-refractivity contribution is 5.37. The number of hydrogen-bond donors (Lipinski definition) is 2. The van der Waals surface area contributed by atoms with Gasteiger partial charge in [0.1, 0.15) is 5.75 Å². The molecule has 0 saturated heterocycles. The molecule has 3 rings (SSSR count). The monoisotopic (exact) mass is 218 g/mol. The van der Waals surface area contributed by atoms with Crippen molar-refractivity contribution in [3.8, 4) is 5.75 Å². The molecule has 3 nitrogen and oxygen atoms in total. The second kappa shape index (κ2) is 4.07. The fourth-order valence-electron chi connectivity index (χ4n) is 2.60. The lowest BCUT2D eigenvalue weighted by Crippen LogP contribution is -2.50. The van der Waals surface area contributed by atoms with Gasteiger partial charge >= 0.3 is 0 Å². The largest absolute Gasteiger partial charge is 0.493 e. The summed E-state index contributed by atoms with van der Waals surface area (Å²) in [6.07, 6.45) is 3.28. The van der Waals surface area contributed by atoms with E-state index in [-0.39, 0.29) is 0 Å². The van der Waals surface area contributed by atoms with Gasteiger partial charge in [-0.2, -0.15) is 0 Å². The van der Waals surface area contributed by atoms with Crippen LogP contribution in [0.4, 0.5) is 0 Å². The van der Waals surface area contributed by atoms with Crippen molar-refractivity contribution in [1.29, 1.82) is 0 Å². The standard InChI is InChI=1S/C13H18N2O/c14-9-7-10(8-9)15-12-5-6-16-13-4-2-1-3-11(12)13/h1-4,9-10,12,15H,5-8,14H2. The van der Waals surface area contributed by atoms with E-state index in [0.29, 0.717) is 18.1 Å². The molecule has 1 aliphatic heterocycles. The van der Waals surface area contributed by atoms with Gasteiger partial charge in [0.15, 0.2) is 0 Å². The van der Waals surface area contributed by atoms with Crippen molar-refractivity contribution >= 4 is 0 Å². The molecule has 1 atom stereocenters. The van der Waals surface area contributed by atoms with Gasteiger partial charge in [-0.3, -0.25) is 0 Å². The normalized spacial score (nSPS) is 32.4. The quantitative estimate of drug-likeness (QED) is 0.792. The maximum Gasteiger partial charge on any atom is 0.124 e. The summed E-state index contributed by atoms with van der Waals surface area (Å²) in [7, 11) is 0. The van der Waals surface area contributed by atoms with E-state index in [1.807, 2.05) is 6.07 Å². The molecular formula is C13H18N2O. The molecule has 1 aliphatic carbocycles. The molecule has 3 N–H and O–H groups in total. The highest BCUT2D eigenvalue weighted by atomic mass is 16.5. The summed E-state index contributed by atoms with van der Waals surface area (Å²) in [5.41, 5.74) is 7.10. The lowest BCUT2D eigenvalue weighted by atomic mass is 9.86. The Hall–Kier alpha value is -1.06. The van der Waals surface area contributed by atoms with E-state index in [9.17, 15) is 0 Å². The zero-order valence-corrected chi connectivity index (χ0v) is 9.36. The minimum atomic E-state index is 0.410. The van der Waals surface area contributed by atoms with Gasteiger partial charge in [0, 0.05) is 30.1 Å².